The lowest BCUT2D eigenvalue weighted by Gasteiger charge is -2.31. The third-order valence-electron chi connectivity index (χ3n) is 9.31. The number of ether oxygens (including phenoxy) is 1. The van der Waals surface area contributed by atoms with Crippen molar-refractivity contribution in [2.45, 2.75) is 70.1 Å². The van der Waals surface area contributed by atoms with Gasteiger partial charge in [0.05, 0.1) is 11.6 Å². The fourth-order valence-electron chi connectivity index (χ4n) is 6.34. The summed E-state index contributed by atoms with van der Waals surface area (Å²) in [6, 6.07) is 20.8. The molecule has 288 valence electrons. The third-order valence-corrected chi connectivity index (χ3v) is 9.31. The summed E-state index contributed by atoms with van der Waals surface area (Å²) < 4.78 is 41.7. The second-order valence-electron chi connectivity index (χ2n) is 13.5. The van der Waals surface area contributed by atoms with Crippen LogP contribution in [0.15, 0.2) is 77.6 Å². The number of fused-ring (bicyclic) bond motifs is 1. The van der Waals surface area contributed by atoms with Crippen molar-refractivity contribution in [2.75, 3.05) is 26.2 Å². The number of phenols is 1. The number of alkyl halides is 3. The molecule has 15 heteroatoms. The molecule has 0 radical (unpaired) electrons. The van der Waals surface area contributed by atoms with Crippen LogP contribution in [0.25, 0.3) is 10.9 Å². The van der Waals surface area contributed by atoms with Crippen LogP contribution >= 0.6 is 0 Å². The summed E-state index contributed by atoms with van der Waals surface area (Å²) in [7, 11) is 0. The van der Waals surface area contributed by atoms with Gasteiger partial charge in [-0.2, -0.15) is 13.2 Å². The van der Waals surface area contributed by atoms with Crippen molar-refractivity contribution in [1.82, 2.24) is 25.8 Å². The Hall–Kier alpha value is -5.25. The first-order valence-corrected chi connectivity index (χ1v) is 17.7. The number of hydrogen-bond donors (Lipinski definition) is 6. The van der Waals surface area contributed by atoms with Crippen LogP contribution in [0.4, 0.5) is 13.2 Å². The van der Waals surface area contributed by atoms with Gasteiger partial charge in [0.1, 0.15) is 11.9 Å². The zero-order chi connectivity index (χ0) is 38.8. The van der Waals surface area contributed by atoms with E-state index in [9.17, 15) is 42.6 Å². The van der Waals surface area contributed by atoms with Crippen molar-refractivity contribution in [2.24, 2.45) is 0 Å². The summed E-state index contributed by atoms with van der Waals surface area (Å²) in [4.78, 5) is 52.6. The molecule has 0 spiro atoms. The molecule has 5 rings (SSSR count). The van der Waals surface area contributed by atoms with Crippen molar-refractivity contribution in [1.29, 1.82) is 0 Å². The molecule has 0 bridgehead atoms. The number of carbonyl (C=O) groups is 3. The molecular formula is C39H44F3N5O7. The van der Waals surface area contributed by atoms with Crippen LogP contribution in [0.1, 0.15) is 64.9 Å². The largest absolute Gasteiger partial charge is 0.506 e. The van der Waals surface area contributed by atoms with E-state index in [2.05, 4.69) is 25.7 Å². The molecular weight excluding hydrogens is 707 g/mol. The minimum absolute atomic E-state index is 0.00510. The maximum Gasteiger partial charge on any atom is 0.490 e. The number of amides is 2. The number of aromatic nitrogens is 1. The lowest BCUT2D eigenvalue weighted by atomic mass is 10.0. The van der Waals surface area contributed by atoms with Crippen molar-refractivity contribution in [3.05, 3.63) is 111 Å². The Morgan fingerprint density at radius 2 is 1.65 bits per heavy atom. The number of aliphatic hydroxyl groups excluding tert-OH is 1. The summed E-state index contributed by atoms with van der Waals surface area (Å²) in [5.41, 5.74) is 3.77. The lowest BCUT2D eigenvalue weighted by molar-refractivity contribution is -0.206. The van der Waals surface area contributed by atoms with E-state index >= 15 is 0 Å². The van der Waals surface area contributed by atoms with Gasteiger partial charge in [0.2, 0.25) is 11.5 Å². The van der Waals surface area contributed by atoms with Crippen molar-refractivity contribution >= 4 is 28.7 Å². The average Bonchev–Trinajstić information content (AvgIpc) is 3.15. The number of rotatable bonds is 15. The molecule has 2 heterocycles. The molecule has 1 aromatic heterocycles. The number of esters is 1. The van der Waals surface area contributed by atoms with Gasteiger partial charge in [-0.15, -0.1) is 0 Å². The van der Waals surface area contributed by atoms with Crippen LogP contribution < -0.4 is 21.5 Å². The monoisotopic (exact) mass is 751 g/mol. The van der Waals surface area contributed by atoms with E-state index in [1.165, 1.54) is 12.1 Å². The number of H-pyrrole nitrogens is 1. The average molecular weight is 752 g/mol. The Morgan fingerprint density at radius 1 is 0.944 bits per heavy atom. The summed E-state index contributed by atoms with van der Waals surface area (Å²) in [6.07, 6.45) is -5.25. The zero-order valence-electron chi connectivity index (χ0n) is 29.7. The fraction of sp³-hybridized carbons (Fsp3) is 0.385. The van der Waals surface area contributed by atoms with Gasteiger partial charge in [-0.05, 0) is 72.7 Å². The highest BCUT2D eigenvalue weighted by atomic mass is 19.4. The van der Waals surface area contributed by atoms with Crippen LogP contribution in [-0.2, 0) is 33.8 Å². The Morgan fingerprint density at radius 3 is 2.37 bits per heavy atom. The van der Waals surface area contributed by atoms with E-state index in [0.29, 0.717) is 49.1 Å². The number of aromatic amines is 1. The maximum atomic E-state index is 12.9. The molecule has 0 aliphatic carbocycles. The van der Waals surface area contributed by atoms with Gasteiger partial charge in [-0.1, -0.05) is 42.5 Å². The highest BCUT2D eigenvalue weighted by Gasteiger charge is 2.42. The Bertz CT molecular complexity index is 1980. The molecule has 0 unspecified atom stereocenters. The minimum Gasteiger partial charge on any atom is -0.506 e. The van der Waals surface area contributed by atoms with Crippen LogP contribution in [-0.4, -0.2) is 82.4 Å². The second-order valence-corrected chi connectivity index (χ2v) is 13.5. The molecule has 1 aliphatic heterocycles. The first-order chi connectivity index (χ1) is 25.7. The van der Waals surface area contributed by atoms with Crippen molar-refractivity contribution in [3.8, 4) is 5.75 Å². The predicted octanol–water partition coefficient (Wildman–Crippen LogP) is 3.99. The molecule has 1 aliphatic rings. The van der Waals surface area contributed by atoms with E-state index < -0.39 is 24.4 Å². The molecule has 2 atom stereocenters. The quantitative estimate of drug-likeness (QED) is 0.0983. The molecule has 12 nitrogen and oxygen atoms in total. The number of piperidine rings is 1. The second kappa shape index (κ2) is 18.2. The molecule has 3 aromatic carbocycles. The Kier molecular flexibility index (Phi) is 13.5. The van der Waals surface area contributed by atoms with Gasteiger partial charge in [0, 0.05) is 68.7 Å². The van der Waals surface area contributed by atoms with E-state index in [1.807, 2.05) is 36.1 Å². The first-order valence-electron chi connectivity index (χ1n) is 17.7. The minimum atomic E-state index is -5.01. The van der Waals surface area contributed by atoms with Gasteiger partial charge < -0.3 is 40.8 Å². The highest BCUT2D eigenvalue weighted by Crippen LogP contribution is 2.28. The van der Waals surface area contributed by atoms with E-state index in [1.54, 1.807) is 36.4 Å². The normalized spacial score (nSPS) is 15.1. The number of hydrogen-bond acceptors (Lipinski definition) is 9. The number of nitrogens with zero attached hydrogens (tertiary/aromatic N) is 1. The van der Waals surface area contributed by atoms with Crippen LogP contribution in [0.2, 0.25) is 0 Å². The number of likely N-dealkylation sites (tertiary alicyclic amines) is 1. The topological polar surface area (TPSA) is 173 Å². The molecule has 2 amide bonds. The molecule has 1 saturated heterocycles. The number of phenolic OH excluding ortho intramolecular Hbond substituents is 1. The standard InChI is InChI=1S/C39H44F3N5O7/c1-24(43-23-33(49)30-9-11-32(48)36-31(30)10-12-35(51)46-36)19-26-3-2-4-27(20-26)22-45-37(52)28-7-5-25(6-8-28)21-44-34(50)15-18-47-16-13-29(14-17-47)54-38(53)39(40,41)42/h2-12,20,24,29,33,43,48-49H,13-19,21-23H2,1H3,(H,44,50)(H,45,52)(H,46,51)/t24-,33+/m1/s1. The summed E-state index contributed by atoms with van der Waals surface area (Å²) in [6.45, 7) is 4.13. The zero-order valence-corrected chi connectivity index (χ0v) is 29.7. The number of nitrogens with one attached hydrogen (secondary N) is 4. The molecule has 4 aromatic rings. The van der Waals surface area contributed by atoms with Crippen molar-refractivity contribution in [3.63, 3.8) is 0 Å². The smallest absolute Gasteiger partial charge is 0.490 e. The number of aromatic hydroxyl groups is 1. The van der Waals surface area contributed by atoms with Gasteiger partial charge in [0.15, 0.2) is 0 Å². The molecule has 0 saturated carbocycles. The third kappa shape index (κ3) is 11.4. The Labute approximate surface area is 309 Å². The van der Waals surface area contributed by atoms with Gasteiger partial charge in [-0.3, -0.25) is 14.4 Å². The number of benzene rings is 3. The molecule has 1 fully saturated rings. The maximum absolute atomic E-state index is 12.9. The number of pyridine rings is 1. The van der Waals surface area contributed by atoms with Gasteiger partial charge in [0.25, 0.3) is 5.91 Å². The van der Waals surface area contributed by atoms with Crippen LogP contribution in [0.5, 0.6) is 5.75 Å². The molecule has 6 N–H and O–H groups in total. The summed E-state index contributed by atoms with van der Waals surface area (Å²) in [5, 5.41) is 30.7. The number of carbonyl (C=O) groups excluding carboxylic acids is 3. The predicted molar refractivity (Wildman–Crippen MR) is 194 cm³/mol. The summed E-state index contributed by atoms with van der Waals surface area (Å²) >= 11 is 0. The number of aliphatic hydroxyl groups is 1. The van der Waals surface area contributed by atoms with E-state index in [4.69, 9.17) is 0 Å². The lowest BCUT2D eigenvalue weighted by Crippen LogP contribution is -2.41. The Balaban J connectivity index is 0.999. The summed E-state index contributed by atoms with van der Waals surface area (Å²) in [5.74, 6) is -2.67. The first kappa shape index (κ1) is 39.9. The van der Waals surface area contributed by atoms with E-state index in [-0.39, 0.29) is 67.0 Å². The number of halogens is 3. The highest BCUT2D eigenvalue weighted by molar-refractivity contribution is 5.94. The van der Waals surface area contributed by atoms with Crippen molar-refractivity contribution < 1.29 is 42.5 Å². The molecule has 54 heavy (non-hydrogen) atoms. The fourth-order valence-corrected chi connectivity index (χ4v) is 6.34. The van der Waals surface area contributed by atoms with Gasteiger partial charge in [-0.25, -0.2) is 4.79 Å². The van der Waals surface area contributed by atoms with Gasteiger partial charge >= 0.3 is 12.1 Å². The van der Waals surface area contributed by atoms with Crippen LogP contribution in [0, 0.1) is 0 Å². The van der Waals surface area contributed by atoms with Crippen LogP contribution in [0.3, 0.4) is 0 Å². The SMILES string of the molecule is C[C@H](Cc1cccc(CNC(=O)c2ccc(CNC(=O)CCN3CCC(OC(=O)C(F)(F)F)CC3)cc2)c1)NC[C@H](O)c1ccc(O)c2[nH]c(=O)ccc12. The van der Waals surface area contributed by atoms with E-state index in [0.717, 1.165) is 16.7 Å².